The smallest absolute Gasteiger partial charge is 0.244 e. The third-order valence-corrected chi connectivity index (χ3v) is 3.51. The zero-order chi connectivity index (χ0) is 18.1. The molecule has 0 atom stereocenters. The molecule has 6 nitrogen and oxygen atoms in total. The second-order valence-corrected chi connectivity index (χ2v) is 5.45. The van der Waals surface area contributed by atoms with Gasteiger partial charge in [0.1, 0.15) is 0 Å². The van der Waals surface area contributed by atoms with Crippen LogP contribution in [0.25, 0.3) is 0 Å². The van der Waals surface area contributed by atoms with Gasteiger partial charge in [0, 0.05) is 18.3 Å². The molecule has 0 unspecified atom stereocenters. The lowest BCUT2D eigenvalue weighted by Crippen LogP contribution is -2.18. The van der Waals surface area contributed by atoms with Crippen LogP contribution in [0.3, 0.4) is 0 Å². The van der Waals surface area contributed by atoms with Gasteiger partial charge in [0.25, 0.3) is 0 Å². The highest BCUT2D eigenvalue weighted by Gasteiger charge is 2.06. The van der Waals surface area contributed by atoms with Crippen molar-refractivity contribution in [2.24, 2.45) is 5.73 Å². The van der Waals surface area contributed by atoms with Gasteiger partial charge in [-0.25, -0.2) is 0 Å². The van der Waals surface area contributed by atoms with Gasteiger partial charge in [-0.15, -0.1) is 0 Å². The van der Waals surface area contributed by atoms with E-state index < -0.39 is 5.91 Å². The number of benzene rings is 1. The molecule has 0 aliphatic carbocycles. The van der Waals surface area contributed by atoms with E-state index in [-0.39, 0.29) is 0 Å². The maximum Gasteiger partial charge on any atom is 0.244 e. The Bertz CT molecular complexity index is 656. The Morgan fingerprint density at radius 3 is 2.54 bits per heavy atom. The summed E-state index contributed by atoms with van der Waals surface area (Å²) in [7, 11) is 3.17. The number of allylic oxidation sites excluding steroid dienone is 2. The molecule has 130 valence electrons. The van der Waals surface area contributed by atoms with Crippen LogP contribution in [-0.2, 0) is 11.2 Å². The number of rotatable bonds is 9. The minimum atomic E-state index is -0.534. The number of hydrogen-bond acceptors (Lipinski definition) is 4. The molecule has 0 bridgehead atoms. The number of nitrogens with two attached hydrogens (primary N) is 1. The quantitative estimate of drug-likeness (QED) is 0.310. The lowest BCUT2D eigenvalue weighted by atomic mass is 10.1. The molecule has 3 N–H and O–H groups in total. The second-order valence-electron chi connectivity index (χ2n) is 5.01. The van der Waals surface area contributed by atoms with Crippen molar-refractivity contribution in [3.8, 4) is 11.5 Å². The molecule has 7 heteroatoms. The van der Waals surface area contributed by atoms with Crippen LogP contribution >= 0.6 is 11.6 Å². The summed E-state index contributed by atoms with van der Waals surface area (Å²) in [6.45, 7) is 2.12. The van der Waals surface area contributed by atoms with Crippen LogP contribution in [-0.4, -0.2) is 37.9 Å². The number of amides is 1. The maximum atomic E-state index is 11.0. The van der Waals surface area contributed by atoms with Crippen molar-refractivity contribution in [2.45, 2.75) is 13.3 Å². The molecule has 0 aromatic heterocycles. The summed E-state index contributed by atoms with van der Waals surface area (Å²) in [4.78, 5) is 12.6. The van der Waals surface area contributed by atoms with Gasteiger partial charge in [-0.2, -0.15) is 0 Å². The Hall–Kier alpha value is -2.47. The Labute approximate surface area is 147 Å². The number of primary amides is 1. The molecule has 1 aromatic rings. The van der Waals surface area contributed by atoms with Crippen LogP contribution < -0.4 is 15.2 Å². The van der Waals surface area contributed by atoms with E-state index in [1.165, 1.54) is 6.08 Å². The first-order valence-corrected chi connectivity index (χ1v) is 7.61. The molecule has 1 amide bonds. The molecule has 24 heavy (non-hydrogen) atoms. The summed E-state index contributed by atoms with van der Waals surface area (Å²) < 4.78 is 10.5. The average molecular weight is 352 g/mol. The Balaban J connectivity index is 2.78. The molecule has 0 fully saturated rings. The molecular formula is C17H22ClN3O3. The van der Waals surface area contributed by atoms with Gasteiger partial charge in [0.05, 0.1) is 25.6 Å². The monoisotopic (exact) mass is 351 g/mol. The molecule has 0 aliphatic heterocycles. The van der Waals surface area contributed by atoms with Crippen LogP contribution in [0.1, 0.15) is 12.5 Å². The predicted octanol–water partition coefficient (Wildman–Crippen LogP) is 2.67. The van der Waals surface area contributed by atoms with E-state index in [1.54, 1.807) is 32.2 Å². The summed E-state index contributed by atoms with van der Waals surface area (Å²) in [6, 6.07) is 5.67. The topological polar surface area (TPSA) is 88.6 Å². The van der Waals surface area contributed by atoms with Crippen LogP contribution in [0.15, 0.2) is 41.1 Å². The minimum absolute atomic E-state index is 0.321. The SMILES string of the molecule is COc1ccc(CCN(C=N)/C=C(Cl)\C=C(/C)C(N)=O)cc1OC. The first-order chi connectivity index (χ1) is 11.4. The third kappa shape index (κ3) is 5.96. The van der Waals surface area contributed by atoms with Gasteiger partial charge < -0.3 is 20.1 Å². The lowest BCUT2D eigenvalue weighted by Gasteiger charge is -2.15. The van der Waals surface area contributed by atoms with Crippen molar-refractivity contribution in [1.29, 1.82) is 5.41 Å². The standard InChI is InChI=1S/C17H22ClN3O3/c1-12(17(20)22)8-14(18)10-21(11-19)7-6-13-4-5-15(23-2)16(9-13)24-3/h4-5,8-11,19H,6-7H2,1-3H3,(H2,20,22)/b12-8+,14-10+,19-11?. The number of hydrogen-bond donors (Lipinski definition) is 2. The normalized spacial score (nSPS) is 11.8. The zero-order valence-corrected chi connectivity index (χ0v) is 14.8. The van der Waals surface area contributed by atoms with E-state index >= 15 is 0 Å². The van der Waals surface area contributed by atoms with Gasteiger partial charge in [-0.05, 0) is 37.1 Å². The van der Waals surface area contributed by atoms with Gasteiger partial charge >= 0.3 is 0 Å². The first kappa shape index (κ1) is 19.6. The minimum Gasteiger partial charge on any atom is -0.493 e. The van der Waals surface area contributed by atoms with Crippen molar-refractivity contribution >= 4 is 23.8 Å². The number of halogens is 1. The molecule has 0 saturated heterocycles. The van der Waals surface area contributed by atoms with Crippen LogP contribution in [0.4, 0.5) is 0 Å². The number of nitrogens with zero attached hydrogens (tertiary/aromatic N) is 1. The summed E-state index contributed by atoms with van der Waals surface area (Å²) in [5.41, 5.74) is 6.54. The van der Waals surface area contributed by atoms with E-state index in [9.17, 15) is 4.79 Å². The highest BCUT2D eigenvalue weighted by atomic mass is 35.5. The second kappa shape index (κ2) is 9.62. The maximum absolute atomic E-state index is 11.0. The van der Waals surface area contributed by atoms with Gasteiger partial charge in [-0.3, -0.25) is 10.2 Å². The van der Waals surface area contributed by atoms with Crippen molar-refractivity contribution in [3.05, 3.63) is 46.6 Å². The fraction of sp³-hybridized carbons (Fsp3) is 0.294. The van der Waals surface area contributed by atoms with E-state index in [1.807, 2.05) is 18.2 Å². The van der Waals surface area contributed by atoms with Crippen molar-refractivity contribution in [3.63, 3.8) is 0 Å². The van der Waals surface area contributed by atoms with E-state index in [0.29, 0.717) is 35.1 Å². The molecule has 1 rings (SSSR count). The highest BCUT2D eigenvalue weighted by Crippen LogP contribution is 2.27. The summed E-state index contributed by atoms with van der Waals surface area (Å²) in [5.74, 6) is 0.790. The highest BCUT2D eigenvalue weighted by molar-refractivity contribution is 6.31. The van der Waals surface area contributed by atoms with Gasteiger partial charge in [0.15, 0.2) is 11.5 Å². The van der Waals surface area contributed by atoms with Crippen molar-refractivity contribution in [1.82, 2.24) is 4.90 Å². The lowest BCUT2D eigenvalue weighted by molar-refractivity contribution is -0.114. The summed E-state index contributed by atoms with van der Waals surface area (Å²) >= 11 is 6.06. The fourth-order valence-corrected chi connectivity index (χ4v) is 2.22. The van der Waals surface area contributed by atoms with E-state index in [4.69, 9.17) is 32.2 Å². The average Bonchev–Trinajstić information content (AvgIpc) is 2.57. The Morgan fingerprint density at radius 2 is 2.00 bits per heavy atom. The van der Waals surface area contributed by atoms with Crippen LogP contribution in [0, 0.1) is 5.41 Å². The molecule has 0 spiro atoms. The van der Waals surface area contributed by atoms with Crippen LogP contribution in [0.5, 0.6) is 11.5 Å². The van der Waals surface area contributed by atoms with Gasteiger partial charge in [-0.1, -0.05) is 17.7 Å². The fourth-order valence-electron chi connectivity index (χ4n) is 1.93. The largest absolute Gasteiger partial charge is 0.493 e. The number of carbonyl (C=O) groups excluding carboxylic acids is 1. The van der Waals surface area contributed by atoms with E-state index in [0.717, 1.165) is 11.9 Å². The molecule has 0 saturated carbocycles. The number of nitrogens with one attached hydrogen (secondary N) is 1. The van der Waals surface area contributed by atoms with Crippen molar-refractivity contribution < 1.29 is 14.3 Å². The molecule has 1 aromatic carbocycles. The molecular weight excluding hydrogens is 330 g/mol. The Kier molecular flexibility index (Phi) is 7.85. The van der Waals surface area contributed by atoms with E-state index in [2.05, 4.69) is 0 Å². The zero-order valence-electron chi connectivity index (χ0n) is 14.0. The van der Waals surface area contributed by atoms with Crippen LogP contribution in [0.2, 0.25) is 0 Å². The number of ether oxygens (including phenoxy) is 2. The summed E-state index contributed by atoms with van der Waals surface area (Å²) in [6.07, 6.45) is 4.88. The predicted molar refractivity (Wildman–Crippen MR) is 95.6 cm³/mol. The van der Waals surface area contributed by atoms with Gasteiger partial charge in [0.2, 0.25) is 5.91 Å². The Morgan fingerprint density at radius 1 is 1.33 bits per heavy atom. The van der Waals surface area contributed by atoms with Crippen molar-refractivity contribution in [2.75, 3.05) is 20.8 Å². The number of carbonyl (C=O) groups is 1. The summed E-state index contributed by atoms with van der Waals surface area (Å²) in [5, 5.41) is 7.79. The number of methoxy groups -OCH3 is 2. The third-order valence-electron chi connectivity index (χ3n) is 3.30. The molecule has 0 radical (unpaired) electrons. The first-order valence-electron chi connectivity index (χ1n) is 7.24. The molecule has 0 heterocycles. The molecule has 0 aliphatic rings.